The van der Waals surface area contributed by atoms with Gasteiger partial charge in [0.15, 0.2) is 0 Å². The highest BCUT2D eigenvalue weighted by Crippen LogP contribution is 2.22. The van der Waals surface area contributed by atoms with Crippen molar-refractivity contribution in [1.82, 2.24) is 9.88 Å². The Bertz CT molecular complexity index is 582. The predicted molar refractivity (Wildman–Crippen MR) is 81.5 cm³/mol. The molecule has 2 aromatic rings. The van der Waals surface area contributed by atoms with E-state index in [-0.39, 0.29) is 12.1 Å². The lowest BCUT2D eigenvalue weighted by Crippen LogP contribution is -2.45. The fourth-order valence-electron chi connectivity index (χ4n) is 3.16. The number of likely N-dealkylation sites (tertiary alicyclic amines) is 1. The molecule has 20 heavy (non-hydrogen) atoms. The van der Waals surface area contributed by atoms with E-state index in [2.05, 4.69) is 29.2 Å². The average Bonchev–Trinajstić information content (AvgIpc) is 2.47. The molecule has 1 aliphatic heterocycles. The van der Waals surface area contributed by atoms with E-state index in [0.717, 1.165) is 30.7 Å². The van der Waals surface area contributed by atoms with Gasteiger partial charge in [0.2, 0.25) is 0 Å². The molecule has 1 saturated heterocycles. The van der Waals surface area contributed by atoms with Gasteiger partial charge in [0, 0.05) is 18.0 Å². The van der Waals surface area contributed by atoms with E-state index >= 15 is 0 Å². The van der Waals surface area contributed by atoms with Gasteiger partial charge in [-0.1, -0.05) is 30.7 Å². The summed E-state index contributed by atoms with van der Waals surface area (Å²) in [6.07, 6.45) is 3.26. The minimum absolute atomic E-state index is 0.268. The summed E-state index contributed by atoms with van der Waals surface area (Å²) in [5.74, 6) is 0. The molecule has 1 aliphatic rings. The number of pyridine rings is 1. The second-order valence-corrected chi connectivity index (χ2v) is 5.77. The number of para-hydroxylation sites is 1. The van der Waals surface area contributed by atoms with Crippen LogP contribution in [0.4, 0.5) is 0 Å². The number of fused-ring (bicyclic) bond motifs is 1. The minimum atomic E-state index is -0.268. The summed E-state index contributed by atoms with van der Waals surface area (Å²) < 4.78 is 0. The van der Waals surface area contributed by atoms with Crippen molar-refractivity contribution in [2.24, 2.45) is 0 Å². The van der Waals surface area contributed by atoms with Gasteiger partial charge in [-0.25, -0.2) is 0 Å². The largest absolute Gasteiger partial charge is 0.392 e. The van der Waals surface area contributed by atoms with Crippen LogP contribution < -0.4 is 0 Å². The fraction of sp³-hybridized carbons (Fsp3) is 0.471. The van der Waals surface area contributed by atoms with Crippen LogP contribution in [0.3, 0.4) is 0 Å². The monoisotopic (exact) mass is 270 g/mol. The van der Waals surface area contributed by atoms with Crippen LogP contribution in [0, 0.1) is 0 Å². The van der Waals surface area contributed by atoms with Gasteiger partial charge in [-0.3, -0.25) is 9.88 Å². The first-order valence-corrected chi connectivity index (χ1v) is 7.51. The second kappa shape index (κ2) is 5.90. The van der Waals surface area contributed by atoms with E-state index in [1.165, 1.54) is 18.2 Å². The van der Waals surface area contributed by atoms with Gasteiger partial charge in [0.1, 0.15) is 0 Å². The van der Waals surface area contributed by atoms with Crippen LogP contribution in [0.15, 0.2) is 36.4 Å². The molecule has 1 aromatic carbocycles. The lowest BCUT2D eigenvalue weighted by Gasteiger charge is -2.37. The Labute approximate surface area is 120 Å². The van der Waals surface area contributed by atoms with Gasteiger partial charge >= 0.3 is 0 Å². The Balaban J connectivity index is 1.80. The highest BCUT2D eigenvalue weighted by molar-refractivity contribution is 5.78. The number of piperidine rings is 1. The quantitative estimate of drug-likeness (QED) is 0.931. The number of nitrogens with zero attached hydrogens (tertiary/aromatic N) is 2. The number of aliphatic hydroxyl groups excluding tert-OH is 1. The van der Waals surface area contributed by atoms with E-state index in [1.54, 1.807) is 0 Å². The molecule has 0 amide bonds. The third-order valence-electron chi connectivity index (χ3n) is 4.24. The van der Waals surface area contributed by atoms with Crippen molar-refractivity contribution in [3.8, 4) is 0 Å². The van der Waals surface area contributed by atoms with Crippen molar-refractivity contribution < 1.29 is 5.11 Å². The molecule has 3 rings (SSSR count). The number of hydrogen-bond donors (Lipinski definition) is 1. The summed E-state index contributed by atoms with van der Waals surface area (Å²) in [5, 5.41) is 11.1. The molecule has 0 aliphatic carbocycles. The Morgan fingerprint density at radius 2 is 2.10 bits per heavy atom. The second-order valence-electron chi connectivity index (χ2n) is 5.77. The zero-order chi connectivity index (χ0) is 13.9. The van der Waals surface area contributed by atoms with Crippen molar-refractivity contribution >= 4 is 10.9 Å². The first kappa shape index (κ1) is 13.5. The molecular formula is C17H22N2O. The van der Waals surface area contributed by atoms with E-state index in [0.29, 0.717) is 0 Å². The standard InChI is InChI=1S/C17H22N2O/c1-13(20)17-8-4-5-11-19(17)12-15-10-9-14-6-2-3-7-16(14)18-15/h2-3,6-7,9-10,13,17,20H,4-5,8,11-12H2,1H3. The normalized spacial score (nSPS) is 22.0. The number of hydrogen-bond acceptors (Lipinski definition) is 3. The summed E-state index contributed by atoms with van der Waals surface area (Å²) in [7, 11) is 0. The lowest BCUT2D eigenvalue weighted by molar-refractivity contribution is 0.0310. The predicted octanol–water partition coefficient (Wildman–Crippen LogP) is 2.97. The molecule has 2 atom stereocenters. The van der Waals surface area contributed by atoms with Gasteiger partial charge < -0.3 is 5.11 Å². The van der Waals surface area contributed by atoms with Gasteiger partial charge in [-0.15, -0.1) is 0 Å². The summed E-state index contributed by atoms with van der Waals surface area (Å²) in [6.45, 7) is 3.79. The Hall–Kier alpha value is -1.45. The molecule has 0 bridgehead atoms. The number of rotatable bonds is 3. The van der Waals surface area contributed by atoms with Crippen molar-refractivity contribution in [3.05, 3.63) is 42.1 Å². The molecule has 0 saturated carbocycles. The van der Waals surface area contributed by atoms with Crippen molar-refractivity contribution in [3.63, 3.8) is 0 Å². The molecule has 1 N–H and O–H groups in total. The highest BCUT2D eigenvalue weighted by atomic mass is 16.3. The van der Waals surface area contributed by atoms with Crippen LogP contribution in [0.2, 0.25) is 0 Å². The smallest absolute Gasteiger partial charge is 0.0705 e. The SMILES string of the molecule is CC(O)C1CCCCN1Cc1ccc2ccccc2n1. The summed E-state index contributed by atoms with van der Waals surface area (Å²) >= 11 is 0. The molecule has 3 nitrogen and oxygen atoms in total. The zero-order valence-electron chi connectivity index (χ0n) is 12.0. The van der Waals surface area contributed by atoms with Gasteiger partial charge in [-0.05, 0) is 38.4 Å². The molecule has 0 spiro atoms. The van der Waals surface area contributed by atoms with Crippen LogP contribution in [0.1, 0.15) is 31.9 Å². The van der Waals surface area contributed by atoms with Crippen molar-refractivity contribution in [2.45, 2.75) is 44.9 Å². The van der Waals surface area contributed by atoms with Crippen molar-refractivity contribution in [2.75, 3.05) is 6.54 Å². The molecule has 1 fully saturated rings. The van der Waals surface area contributed by atoms with E-state index < -0.39 is 0 Å². The topological polar surface area (TPSA) is 36.4 Å². The van der Waals surface area contributed by atoms with E-state index in [9.17, 15) is 5.11 Å². The summed E-state index contributed by atoms with van der Waals surface area (Å²) in [4.78, 5) is 7.12. The maximum absolute atomic E-state index is 9.94. The van der Waals surface area contributed by atoms with E-state index in [4.69, 9.17) is 4.98 Å². The Morgan fingerprint density at radius 1 is 1.25 bits per heavy atom. The van der Waals surface area contributed by atoms with Crippen LogP contribution in [-0.2, 0) is 6.54 Å². The first-order chi connectivity index (χ1) is 9.74. The first-order valence-electron chi connectivity index (χ1n) is 7.51. The molecule has 3 heteroatoms. The molecule has 106 valence electrons. The van der Waals surface area contributed by atoms with Gasteiger partial charge in [0.25, 0.3) is 0 Å². The zero-order valence-corrected chi connectivity index (χ0v) is 12.0. The van der Waals surface area contributed by atoms with Crippen LogP contribution in [-0.4, -0.2) is 33.7 Å². The van der Waals surface area contributed by atoms with Gasteiger partial charge in [-0.2, -0.15) is 0 Å². The molecular weight excluding hydrogens is 248 g/mol. The summed E-state index contributed by atoms with van der Waals surface area (Å²) in [6, 6.07) is 12.7. The van der Waals surface area contributed by atoms with Crippen LogP contribution in [0.25, 0.3) is 10.9 Å². The number of benzene rings is 1. The van der Waals surface area contributed by atoms with E-state index in [1.807, 2.05) is 19.1 Å². The molecule has 1 aromatic heterocycles. The maximum Gasteiger partial charge on any atom is 0.0705 e. The summed E-state index contributed by atoms with van der Waals surface area (Å²) in [5.41, 5.74) is 2.15. The minimum Gasteiger partial charge on any atom is -0.392 e. The Morgan fingerprint density at radius 3 is 2.95 bits per heavy atom. The number of aromatic nitrogens is 1. The molecule has 2 heterocycles. The third-order valence-corrected chi connectivity index (χ3v) is 4.24. The van der Waals surface area contributed by atoms with Crippen molar-refractivity contribution in [1.29, 1.82) is 0 Å². The van der Waals surface area contributed by atoms with Crippen LogP contribution >= 0.6 is 0 Å². The highest BCUT2D eigenvalue weighted by Gasteiger charge is 2.26. The molecule has 2 unspecified atom stereocenters. The van der Waals surface area contributed by atoms with Crippen LogP contribution in [0.5, 0.6) is 0 Å². The average molecular weight is 270 g/mol. The lowest BCUT2D eigenvalue weighted by atomic mass is 9.98. The fourth-order valence-corrected chi connectivity index (χ4v) is 3.16. The Kier molecular flexibility index (Phi) is 3.99. The van der Waals surface area contributed by atoms with Gasteiger partial charge in [0.05, 0.1) is 17.3 Å². The third kappa shape index (κ3) is 2.84. The maximum atomic E-state index is 9.94. The number of aliphatic hydroxyl groups is 1. The molecule has 0 radical (unpaired) electrons.